The van der Waals surface area contributed by atoms with E-state index in [1.54, 1.807) is 19.2 Å². The van der Waals surface area contributed by atoms with Crippen molar-refractivity contribution in [1.82, 2.24) is 5.32 Å². The number of rotatable bonds is 4. The van der Waals surface area contributed by atoms with Gasteiger partial charge >= 0.3 is 0 Å². The van der Waals surface area contributed by atoms with Crippen molar-refractivity contribution in [2.75, 3.05) is 31.3 Å². The summed E-state index contributed by atoms with van der Waals surface area (Å²) in [5.74, 6) is -0.0852. The Balaban J connectivity index is 3.12. The standard InChI is InChI=1S/C12H19N3O/c1-4-7-15(3)11-8-9(13)5-6-10(11)12(16)14-2/h5-6,8H,4,7,13H2,1-3H3,(H,14,16). The van der Waals surface area contributed by atoms with Gasteiger partial charge in [-0.1, -0.05) is 6.92 Å². The summed E-state index contributed by atoms with van der Waals surface area (Å²) in [4.78, 5) is 13.7. The summed E-state index contributed by atoms with van der Waals surface area (Å²) in [7, 11) is 3.59. The first-order chi connectivity index (χ1) is 7.60. The largest absolute Gasteiger partial charge is 0.399 e. The lowest BCUT2D eigenvalue weighted by Gasteiger charge is -2.21. The van der Waals surface area contributed by atoms with Crippen LogP contribution in [-0.4, -0.2) is 26.5 Å². The maximum absolute atomic E-state index is 11.7. The number of anilines is 2. The molecule has 0 heterocycles. The number of nitrogens with two attached hydrogens (primary N) is 1. The molecule has 4 nitrogen and oxygen atoms in total. The monoisotopic (exact) mass is 221 g/mol. The normalized spacial score (nSPS) is 9.94. The van der Waals surface area contributed by atoms with Gasteiger partial charge in [0.15, 0.2) is 0 Å². The Bertz CT molecular complexity index is 377. The molecule has 0 aliphatic heterocycles. The number of benzene rings is 1. The summed E-state index contributed by atoms with van der Waals surface area (Å²) in [5.41, 5.74) is 7.95. The fraction of sp³-hybridized carbons (Fsp3) is 0.417. The average Bonchev–Trinajstić information content (AvgIpc) is 2.28. The molecule has 88 valence electrons. The first-order valence-corrected chi connectivity index (χ1v) is 5.42. The second kappa shape index (κ2) is 5.39. The number of carbonyl (C=O) groups excluding carboxylic acids is 1. The third kappa shape index (κ3) is 2.66. The second-order valence-corrected chi connectivity index (χ2v) is 3.78. The van der Waals surface area contributed by atoms with Crippen molar-refractivity contribution < 1.29 is 4.79 Å². The van der Waals surface area contributed by atoms with E-state index in [9.17, 15) is 4.79 Å². The molecule has 3 N–H and O–H groups in total. The van der Waals surface area contributed by atoms with Crippen LogP contribution >= 0.6 is 0 Å². The molecular weight excluding hydrogens is 202 g/mol. The van der Waals surface area contributed by atoms with Crippen molar-refractivity contribution >= 4 is 17.3 Å². The Hall–Kier alpha value is -1.71. The zero-order valence-electron chi connectivity index (χ0n) is 10.1. The molecule has 0 bridgehead atoms. The zero-order valence-corrected chi connectivity index (χ0v) is 10.1. The topological polar surface area (TPSA) is 58.4 Å². The Kier molecular flexibility index (Phi) is 4.17. The maximum Gasteiger partial charge on any atom is 0.253 e. The first-order valence-electron chi connectivity index (χ1n) is 5.42. The van der Waals surface area contributed by atoms with Gasteiger partial charge in [0.1, 0.15) is 0 Å². The highest BCUT2D eigenvalue weighted by atomic mass is 16.1. The smallest absolute Gasteiger partial charge is 0.253 e. The van der Waals surface area contributed by atoms with E-state index in [-0.39, 0.29) is 5.91 Å². The van der Waals surface area contributed by atoms with Crippen molar-refractivity contribution in [1.29, 1.82) is 0 Å². The molecule has 0 aliphatic rings. The van der Waals surface area contributed by atoms with Crippen LogP contribution < -0.4 is 16.0 Å². The van der Waals surface area contributed by atoms with Crippen LogP contribution in [0, 0.1) is 0 Å². The van der Waals surface area contributed by atoms with E-state index < -0.39 is 0 Å². The van der Waals surface area contributed by atoms with Crippen LogP contribution in [0.5, 0.6) is 0 Å². The molecule has 0 atom stereocenters. The summed E-state index contributed by atoms with van der Waals surface area (Å²) < 4.78 is 0. The molecule has 1 rings (SSSR count). The van der Waals surface area contributed by atoms with Crippen LogP contribution in [0.1, 0.15) is 23.7 Å². The Morgan fingerprint density at radius 2 is 2.19 bits per heavy atom. The van der Waals surface area contributed by atoms with E-state index >= 15 is 0 Å². The molecule has 1 amide bonds. The van der Waals surface area contributed by atoms with Gasteiger partial charge in [-0.2, -0.15) is 0 Å². The van der Waals surface area contributed by atoms with Gasteiger partial charge in [-0.05, 0) is 24.6 Å². The Morgan fingerprint density at radius 1 is 1.50 bits per heavy atom. The summed E-state index contributed by atoms with van der Waals surface area (Å²) in [6, 6.07) is 5.34. The van der Waals surface area contributed by atoms with Gasteiger partial charge < -0.3 is 16.0 Å². The fourth-order valence-corrected chi connectivity index (χ4v) is 1.65. The van der Waals surface area contributed by atoms with E-state index in [0.29, 0.717) is 11.3 Å². The second-order valence-electron chi connectivity index (χ2n) is 3.78. The lowest BCUT2D eigenvalue weighted by atomic mass is 10.1. The average molecular weight is 221 g/mol. The highest BCUT2D eigenvalue weighted by Gasteiger charge is 2.12. The van der Waals surface area contributed by atoms with Crippen molar-refractivity contribution in [2.24, 2.45) is 0 Å². The van der Waals surface area contributed by atoms with Gasteiger partial charge in [0.25, 0.3) is 5.91 Å². The van der Waals surface area contributed by atoms with Crippen molar-refractivity contribution in [3.8, 4) is 0 Å². The van der Waals surface area contributed by atoms with Crippen molar-refractivity contribution in [3.05, 3.63) is 23.8 Å². The van der Waals surface area contributed by atoms with E-state index in [2.05, 4.69) is 12.2 Å². The number of amides is 1. The van der Waals surface area contributed by atoms with Gasteiger partial charge in [0.05, 0.1) is 11.3 Å². The molecule has 0 aromatic heterocycles. The third-order valence-corrected chi connectivity index (χ3v) is 2.46. The minimum atomic E-state index is -0.0852. The number of hydrogen-bond acceptors (Lipinski definition) is 3. The molecule has 0 spiro atoms. The van der Waals surface area contributed by atoms with E-state index in [0.717, 1.165) is 18.7 Å². The van der Waals surface area contributed by atoms with Crippen LogP contribution in [0.3, 0.4) is 0 Å². The lowest BCUT2D eigenvalue weighted by Crippen LogP contribution is -2.25. The van der Waals surface area contributed by atoms with Crippen LogP contribution in [0.2, 0.25) is 0 Å². The number of hydrogen-bond donors (Lipinski definition) is 2. The van der Waals surface area contributed by atoms with Gasteiger partial charge in [0.2, 0.25) is 0 Å². The van der Waals surface area contributed by atoms with E-state index in [4.69, 9.17) is 5.73 Å². The van der Waals surface area contributed by atoms with Gasteiger partial charge in [-0.25, -0.2) is 0 Å². The van der Waals surface area contributed by atoms with Crippen LogP contribution in [0.25, 0.3) is 0 Å². The molecule has 16 heavy (non-hydrogen) atoms. The van der Waals surface area contributed by atoms with Gasteiger partial charge in [0, 0.05) is 26.3 Å². The third-order valence-electron chi connectivity index (χ3n) is 2.46. The molecular formula is C12H19N3O. The molecule has 0 unspecified atom stereocenters. The van der Waals surface area contributed by atoms with Crippen LogP contribution in [0.15, 0.2) is 18.2 Å². The molecule has 0 saturated heterocycles. The van der Waals surface area contributed by atoms with E-state index in [1.165, 1.54) is 0 Å². The minimum Gasteiger partial charge on any atom is -0.399 e. The molecule has 1 aromatic carbocycles. The predicted octanol–water partition coefficient (Wildman–Crippen LogP) is 1.47. The van der Waals surface area contributed by atoms with Gasteiger partial charge in [-0.3, -0.25) is 4.79 Å². The molecule has 1 aromatic rings. The summed E-state index contributed by atoms with van der Waals surface area (Å²) in [6.45, 7) is 3.00. The molecule has 0 aliphatic carbocycles. The maximum atomic E-state index is 11.7. The fourth-order valence-electron chi connectivity index (χ4n) is 1.65. The molecule has 0 fully saturated rings. The van der Waals surface area contributed by atoms with Crippen LogP contribution in [-0.2, 0) is 0 Å². The van der Waals surface area contributed by atoms with Crippen LogP contribution in [0.4, 0.5) is 11.4 Å². The number of nitrogens with one attached hydrogen (secondary N) is 1. The first kappa shape index (κ1) is 12.4. The zero-order chi connectivity index (χ0) is 12.1. The number of nitrogen functional groups attached to an aromatic ring is 1. The molecule has 4 heteroatoms. The van der Waals surface area contributed by atoms with Crippen molar-refractivity contribution in [3.63, 3.8) is 0 Å². The number of nitrogens with zero attached hydrogens (tertiary/aromatic N) is 1. The molecule has 0 saturated carbocycles. The minimum absolute atomic E-state index is 0.0852. The van der Waals surface area contributed by atoms with Crippen molar-refractivity contribution in [2.45, 2.75) is 13.3 Å². The summed E-state index contributed by atoms with van der Waals surface area (Å²) >= 11 is 0. The Labute approximate surface area is 96.4 Å². The number of carbonyl (C=O) groups is 1. The lowest BCUT2D eigenvalue weighted by molar-refractivity contribution is 0.0963. The Morgan fingerprint density at radius 3 is 2.75 bits per heavy atom. The van der Waals surface area contributed by atoms with Gasteiger partial charge in [-0.15, -0.1) is 0 Å². The summed E-state index contributed by atoms with van der Waals surface area (Å²) in [5, 5.41) is 2.63. The predicted molar refractivity (Wildman–Crippen MR) is 67.8 cm³/mol. The summed E-state index contributed by atoms with van der Waals surface area (Å²) in [6.07, 6.45) is 1.03. The molecule has 0 radical (unpaired) electrons. The quantitative estimate of drug-likeness (QED) is 0.757. The SMILES string of the molecule is CCCN(C)c1cc(N)ccc1C(=O)NC. The van der Waals surface area contributed by atoms with E-state index in [1.807, 2.05) is 18.0 Å². The highest BCUT2D eigenvalue weighted by Crippen LogP contribution is 2.22. The highest BCUT2D eigenvalue weighted by molar-refractivity contribution is 6.00.